The molecule has 1 rings (SSSR count). The summed E-state index contributed by atoms with van der Waals surface area (Å²) in [5, 5.41) is 0.0893. The fourth-order valence-corrected chi connectivity index (χ4v) is 6.51. The number of amides is 1. The molecule has 38 heavy (non-hydrogen) atoms. The number of ether oxygens (including phenoxy) is 2. The van der Waals surface area contributed by atoms with Crippen LogP contribution in [-0.2, 0) is 18.7 Å². The molecule has 1 fully saturated rings. The highest BCUT2D eigenvalue weighted by molar-refractivity contribution is 6.74. The van der Waals surface area contributed by atoms with E-state index in [0.29, 0.717) is 12.5 Å². The van der Waals surface area contributed by atoms with E-state index in [1.54, 1.807) is 12.2 Å². The lowest BCUT2D eigenvalue weighted by atomic mass is 9.78. The fourth-order valence-electron chi connectivity index (χ4n) is 5.04. The zero-order chi connectivity index (χ0) is 29.3. The van der Waals surface area contributed by atoms with E-state index in [-0.39, 0.29) is 47.0 Å². The largest absolute Gasteiger partial charge is 0.445 e. The van der Waals surface area contributed by atoms with Crippen molar-refractivity contribution in [2.45, 2.75) is 98.3 Å². The maximum atomic E-state index is 11.6. The third kappa shape index (κ3) is 9.97. The van der Waals surface area contributed by atoms with Crippen LogP contribution in [0.3, 0.4) is 0 Å². The van der Waals surface area contributed by atoms with Crippen molar-refractivity contribution in [1.82, 2.24) is 0 Å². The summed E-state index contributed by atoms with van der Waals surface area (Å²) in [5.74, 6) is 0.563. The molecule has 8 atom stereocenters. The van der Waals surface area contributed by atoms with Crippen LogP contribution in [0.25, 0.3) is 0 Å². The number of hydrogen-bond donors (Lipinski definition) is 1. The number of nitrogens with two attached hydrogens (primary N) is 1. The van der Waals surface area contributed by atoms with Gasteiger partial charge < -0.3 is 19.6 Å². The zero-order valence-electron chi connectivity index (χ0n) is 25.4. The Bertz CT molecular complexity index is 872. The third-order valence-electron chi connectivity index (χ3n) is 8.22. The van der Waals surface area contributed by atoms with E-state index in [1.807, 2.05) is 25.2 Å². The molecular formula is C31H53NO5Si. The van der Waals surface area contributed by atoms with Crippen LogP contribution in [-0.4, -0.2) is 45.6 Å². The van der Waals surface area contributed by atoms with Gasteiger partial charge in [-0.2, -0.15) is 0 Å². The Morgan fingerprint density at radius 2 is 1.66 bits per heavy atom. The van der Waals surface area contributed by atoms with Crippen molar-refractivity contribution in [3.63, 3.8) is 0 Å². The van der Waals surface area contributed by atoms with Crippen molar-refractivity contribution in [1.29, 1.82) is 0 Å². The van der Waals surface area contributed by atoms with Crippen LogP contribution in [0, 0.1) is 29.6 Å². The number of primary amides is 1. The molecule has 216 valence electrons. The fraction of sp³-hybridized carbons (Fsp3) is 0.677. The van der Waals surface area contributed by atoms with Crippen molar-refractivity contribution >= 4 is 20.7 Å². The van der Waals surface area contributed by atoms with Crippen LogP contribution >= 0.6 is 0 Å². The molecule has 2 N–H and O–H groups in total. The molecule has 0 aromatic carbocycles. The summed E-state index contributed by atoms with van der Waals surface area (Å²) in [6, 6.07) is 0. The van der Waals surface area contributed by atoms with Crippen LogP contribution in [0.5, 0.6) is 0 Å². The SMILES string of the molecule is C=C/C=C\[C@H](C)[C@H](OC(N)=O)[C@@H](C)[C@@H]1OC[C@H]1C/C(C)=C\[C@H](C)[C@@H](O[Si](C)(C)C(C)(C)C)[C@@H](C)/C=C\C=O. The first-order valence-corrected chi connectivity index (χ1v) is 16.8. The second-order valence-corrected chi connectivity index (χ2v) is 17.4. The van der Waals surface area contributed by atoms with E-state index in [1.165, 1.54) is 5.57 Å². The highest BCUT2D eigenvalue weighted by Crippen LogP contribution is 2.40. The molecule has 7 heteroatoms. The van der Waals surface area contributed by atoms with Crippen LogP contribution in [0.2, 0.25) is 18.1 Å². The summed E-state index contributed by atoms with van der Waals surface area (Å²) in [6.45, 7) is 26.2. The van der Waals surface area contributed by atoms with Gasteiger partial charge in [-0.05, 0) is 49.4 Å². The van der Waals surface area contributed by atoms with Crippen LogP contribution in [0.15, 0.2) is 48.6 Å². The number of aldehydes is 1. The van der Waals surface area contributed by atoms with Crippen molar-refractivity contribution in [2.24, 2.45) is 35.3 Å². The first-order valence-electron chi connectivity index (χ1n) is 13.9. The summed E-state index contributed by atoms with van der Waals surface area (Å²) in [7, 11) is -2.02. The van der Waals surface area contributed by atoms with E-state index >= 15 is 0 Å². The molecule has 1 amide bonds. The van der Waals surface area contributed by atoms with E-state index in [9.17, 15) is 9.59 Å². The number of allylic oxidation sites excluding steroid dienone is 4. The standard InChI is InChI=1S/C31H53NO5Si/c1-12-13-15-23(4)28(36-30(32)34)25(6)29-26(20-35-29)19-21(2)18-24(5)27(22(3)16-14-17-33)37-38(10,11)31(7,8)9/h12-18,22-29H,1,19-20H2,2-11H3,(H2,32,34)/b15-13-,16-14-,21-18-/t22-,23-,24-,25+,26+,27-,28-,29-/m0/s1. The highest BCUT2D eigenvalue weighted by Gasteiger charge is 2.43. The van der Waals surface area contributed by atoms with E-state index in [2.05, 4.69) is 74.2 Å². The lowest BCUT2D eigenvalue weighted by Gasteiger charge is -2.44. The van der Waals surface area contributed by atoms with E-state index in [4.69, 9.17) is 19.6 Å². The Morgan fingerprint density at radius 3 is 2.13 bits per heavy atom. The molecule has 1 heterocycles. The highest BCUT2D eigenvalue weighted by atomic mass is 28.4. The van der Waals surface area contributed by atoms with Gasteiger partial charge in [-0.1, -0.05) is 91.0 Å². The van der Waals surface area contributed by atoms with Crippen LogP contribution in [0.1, 0.15) is 61.8 Å². The van der Waals surface area contributed by atoms with Crippen molar-refractivity contribution < 1.29 is 23.5 Å². The molecule has 6 nitrogen and oxygen atoms in total. The summed E-state index contributed by atoms with van der Waals surface area (Å²) >= 11 is 0. The summed E-state index contributed by atoms with van der Waals surface area (Å²) in [4.78, 5) is 22.6. The van der Waals surface area contributed by atoms with Crippen molar-refractivity contribution in [3.8, 4) is 0 Å². The summed E-state index contributed by atoms with van der Waals surface area (Å²) < 4.78 is 18.4. The Balaban J connectivity index is 3.06. The van der Waals surface area contributed by atoms with Gasteiger partial charge in [-0.25, -0.2) is 4.79 Å². The number of carbonyl (C=O) groups excluding carboxylic acids is 2. The Labute approximate surface area is 232 Å². The Kier molecular flexibility index (Phi) is 13.4. The topological polar surface area (TPSA) is 87.8 Å². The molecule has 0 radical (unpaired) electrons. The lowest BCUT2D eigenvalue weighted by Crippen LogP contribution is -2.50. The smallest absolute Gasteiger partial charge is 0.404 e. The van der Waals surface area contributed by atoms with Crippen LogP contribution in [0.4, 0.5) is 4.79 Å². The maximum Gasteiger partial charge on any atom is 0.404 e. The maximum absolute atomic E-state index is 11.6. The normalized spacial score (nSPS) is 23.8. The van der Waals surface area contributed by atoms with Gasteiger partial charge in [-0.3, -0.25) is 4.79 Å². The monoisotopic (exact) mass is 547 g/mol. The van der Waals surface area contributed by atoms with Crippen LogP contribution < -0.4 is 5.73 Å². The molecule has 0 bridgehead atoms. The predicted octanol–water partition coefficient (Wildman–Crippen LogP) is 7.23. The summed E-state index contributed by atoms with van der Waals surface area (Å²) in [5.41, 5.74) is 6.68. The van der Waals surface area contributed by atoms with Gasteiger partial charge in [0.05, 0.1) is 18.8 Å². The summed E-state index contributed by atoms with van der Waals surface area (Å²) in [6.07, 6.45) is 11.9. The molecule has 0 aromatic heterocycles. The first kappa shape index (κ1) is 34.1. The van der Waals surface area contributed by atoms with Gasteiger partial charge in [0.15, 0.2) is 8.32 Å². The van der Waals surface area contributed by atoms with Gasteiger partial charge in [0.25, 0.3) is 0 Å². The minimum Gasteiger partial charge on any atom is -0.445 e. The molecule has 0 unspecified atom stereocenters. The number of rotatable bonds is 15. The van der Waals surface area contributed by atoms with E-state index in [0.717, 1.165) is 12.7 Å². The predicted molar refractivity (Wildman–Crippen MR) is 159 cm³/mol. The molecule has 1 aliphatic rings. The van der Waals surface area contributed by atoms with Gasteiger partial charge in [0, 0.05) is 17.8 Å². The Hall–Kier alpha value is -1.96. The van der Waals surface area contributed by atoms with Crippen molar-refractivity contribution in [2.75, 3.05) is 6.61 Å². The number of carbonyl (C=O) groups is 2. The molecule has 0 spiro atoms. The van der Waals surface area contributed by atoms with Gasteiger partial charge in [0.1, 0.15) is 12.4 Å². The Morgan fingerprint density at radius 1 is 1.08 bits per heavy atom. The van der Waals surface area contributed by atoms with Gasteiger partial charge >= 0.3 is 6.09 Å². The van der Waals surface area contributed by atoms with E-state index < -0.39 is 14.4 Å². The molecule has 0 aliphatic carbocycles. The zero-order valence-corrected chi connectivity index (χ0v) is 26.4. The molecular weight excluding hydrogens is 494 g/mol. The third-order valence-corrected chi connectivity index (χ3v) is 12.7. The molecule has 0 aromatic rings. The lowest BCUT2D eigenvalue weighted by molar-refractivity contribution is -0.162. The first-order chi connectivity index (χ1) is 17.5. The quantitative estimate of drug-likeness (QED) is 0.0768. The van der Waals surface area contributed by atoms with Gasteiger partial charge in [0.2, 0.25) is 0 Å². The second-order valence-electron chi connectivity index (χ2n) is 12.6. The number of hydrogen-bond acceptors (Lipinski definition) is 5. The minimum absolute atomic E-state index is 0.0147. The molecule has 1 saturated heterocycles. The molecule has 0 saturated carbocycles. The minimum atomic E-state index is -2.02. The van der Waals surface area contributed by atoms with Crippen molar-refractivity contribution in [3.05, 3.63) is 48.6 Å². The second kappa shape index (κ2) is 15.0. The average molecular weight is 548 g/mol. The molecule has 1 aliphatic heterocycles. The average Bonchev–Trinajstić information content (AvgIpc) is 2.79. The van der Waals surface area contributed by atoms with Gasteiger partial charge in [-0.15, -0.1) is 0 Å².